The molecule has 20 heavy (non-hydrogen) atoms. The number of nitrogens with zero attached hydrogens (tertiary/aromatic N) is 3. The lowest BCUT2D eigenvalue weighted by molar-refractivity contribution is -0.384. The molecular weight excluding hydrogens is 278 g/mol. The summed E-state index contributed by atoms with van der Waals surface area (Å²) in [5.74, 6) is 0.0800. The van der Waals surface area contributed by atoms with Gasteiger partial charge in [0, 0.05) is 29.6 Å². The molecule has 1 aromatic heterocycles. The summed E-state index contributed by atoms with van der Waals surface area (Å²) >= 11 is 1.24. The predicted molar refractivity (Wildman–Crippen MR) is 74.9 cm³/mol. The smallest absolute Gasteiger partial charge is 0.269 e. The first-order valence-electron chi connectivity index (χ1n) is 5.76. The van der Waals surface area contributed by atoms with Gasteiger partial charge in [0.05, 0.1) is 10.7 Å². The average molecular weight is 289 g/mol. The van der Waals surface area contributed by atoms with E-state index in [9.17, 15) is 14.9 Å². The van der Waals surface area contributed by atoms with Crippen LogP contribution in [-0.2, 0) is 0 Å². The number of hydrogen-bond acceptors (Lipinski definition) is 6. The molecule has 7 heteroatoms. The average Bonchev–Trinajstić information content (AvgIpc) is 2.45. The van der Waals surface area contributed by atoms with Crippen LogP contribution in [0, 0.1) is 17.0 Å². The largest absolute Gasteiger partial charge is 0.293 e. The molecule has 0 bridgehead atoms. The van der Waals surface area contributed by atoms with E-state index in [1.807, 2.05) is 6.92 Å². The second kappa shape index (κ2) is 6.25. The molecule has 0 radical (unpaired) electrons. The van der Waals surface area contributed by atoms with Crippen LogP contribution in [-0.4, -0.2) is 26.4 Å². The molecule has 1 aromatic carbocycles. The highest BCUT2D eigenvalue weighted by Gasteiger charge is 2.10. The van der Waals surface area contributed by atoms with E-state index in [1.165, 1.54) is 36.0 Å². The number of thioether (sulfide) groups is 1. The van der Waals surface area contributed by atoms with Crippen molar-refractivity contribution < 1.29 is 9.72 Å². The van der Waals surface area contributed by atoms with Crippen molar-refractivity contribution in [3.8, 4) is 0 Å². The number of ketones is 1. The van der Waals surface area contributed by atoms with Gasteiger partial charge in [-0.3, -0.25) is 14.9 Å². The molecule has 0 amide bonds. The van der Waals surface area contributed by atoms with Crippen molar-refractivity contribution in [1.29, 1.82) is 0 Å². The summed E-state index contributed by atoms with van der Waals surface area (Å²) in [5, 5.41) is 11.1. The third-order valence-electron chi connectivity index (χ3n) is 2.51. The van der Waals surface area contributed by atoms with Gasteiger partial charge in [-0.05, 0) is 25.1 Å². The van der Waals surface area contributed by atoms with Gasteiger partial charge >= 0.3 is 0 Å². The van der Waals surface area contributed by atoms with Crippen molar-refractivity contribution in [2.75, 3.05) is 5.75 Å². The lowest BCUT2D eigenvalue weighted by Gasteiger charge is -2.01. The van der Waals surface area contributed by atoms with Crippen LogP contribution in [0.15, 0.2) is 41.7 Å². The van der Waals surface area contributed by atoms with Crippen LogP contribution in [0.4, 0.5) is 5.69 Å². The molecule has 0 aliphatic carbocycles. The van der Waals surface area contributed by atoms with E-state index in [4.69, 9.17) is 0 Å². The minimum Gasteiger partial charge on any atom is -0.293 e. The highest BCUT2D eigenvalue weighted by atomic mass is 32.2. The van der Waals surface area contributed by atoms with E-state index >= 15 is 0 Å². The Labute approximate surface area is 119 Å². The Bertz CT molecular complexity index is 644. The van der Waals surface area contributed by atoms with Gasteiger partial charge in [-0.1, -0.05) is 11.8 Å². The second-order valence-electron chi connectivity index (χ2n) is 4.00. The molecule has 0 aliphatic rings. The van der Waals surface area contributed by atoms with Crippen LogP contribution < -0.4 is 0 Å². The second-order valence-corrected chi connectivity index (χ2v) is 4.94. The number of benzene rings is 1. The van der Waals surface area contributed by atoms with Crippen molar-refractivity contribution in [3.05, 3.63) is 57.9 Å². The Morgan fingerprint density at radius 3 is 2.60 bits per heavy atom. The number of carbonyl (C=O) groups is 1. The third-order valence-corrected chi connectivity index (χ3v) is 3.37. The summed E-state index contributed by atoms with van der Waals surface area (Å²) in [5.41, 5.74) is 1.25. The van der Waals surface area contributed by atoms with E-state index in [2.05, 4.69) is 9.97 Å². The number of hydrogen-bond donors (Lipinski definition) is 0. The first-order chi connectivity index (χ1) is 9.56. The van der Waals surface area contributed by atoms with Crippen molar-refractivity contribution >= 4 is 23.2 Å². The van der Waals surface area contributed by atoms with Gasteiger partial charge in [-0.15, -0.1) is 0 Å². The summed E-state index contributed by atoms with van der Waals surface area (Å²) < 4.78 is 0. The Balaban J connectivity index is 1.99. The highest BCUT2D eigenvalue weighted by molar-refractivity contribution is 7.99. The molecule has 0 saturated carbocycles. The molecule has 0 N–H and O–H groups in total. The fourth-order valence-corrected chi connectivity index (χ4v) is 2.25. The Kier molecular flexibility index (Phi) is 4.41. The van der Waals surface area contributed by atoms with Crippen LogP contribution in [0.25, 0.3) is 0 Å². The molecule has 1 heterocycles. The van der Waals surface area contributed by atoms with E-state index in [-0.39, 0.29) is 17.2 Å². The SMILES string of the molecule is Cc1ccnc(SCC(=O)c2ccc([N+](=O)[O-])cc2)n1. The van der Waals surface area contributed by atoms with Crippen molar-refractivity contribution in [3.63, 3.8) is 0 Å². The Morgan fingerprint density at radius 1 is 1.30 bits per heavy atom. The number of aryl methyl sites for hydroxylation is 1. The normalized spacial score (nSPS) is 10.2. The molecule has 0 unspecified atom stereocenters. The quantitative estimate of drug-likeness (QED) is 0.276. The fraction of sp³-hybridized carbons (Fsp3) is 0.154. The fourth-order valence-electron chi connectivity index (χ4n) is 1.48. The monoisotopic (exact) mass is 289 g/mol. The van der Waals surface area contributed by atoms with E-state index < -0.39 is 4.92 Å². The number of nitro benzene ring substituents is 1. The zero-order valence-corrected chi connectivity index (χ0v) is 11.5. The minimum atomic E-state index is -0.496. The summed E-state index contributed by atoms with van der Waals surface area (Å²) in [6.07, 6.45) is 1.64. The lowest BCUT2D eigenvalue weighted by Crippen LogP contribution is -2.03. The van der Waals surface area contributed by atoms with Gasteiger partial charge in [0.1, 0.15) is 0 Å². The molecule has 2 rings (SSSR count). The summed E-state index contributed by atoms with van der Waals surface area (Å²) in [4.78, 5) is 30.2. The van der Waals surface area contributed by atoms with Crippen LogP contribution in [0.1, 0.15) is 16.1 Å². The molecule has 6 nitrogen and oxygen atoms in total. The zero-order valence-electron chi connectivity index (χ0n) is 10.6. The van der Waals surface area contributed by atoms with Gasteiger partial charge in [0.25, 0.3) is 5.69 Å². The summed E-state index contributed by atoms with van der Waals surface area (Å²) in [6, 6.07) is 7.33. The molecular formula is C13H11N3O3S. The maximum absolute atomic E-state index is 11.9. The molecule has 0 saturated heterocycles. The summed E-state index contributed by atoms with van der Waals surface area (Å²) in [6.45, 7) is 1.85. The van der Waals surface area contributed by atoms with Crippen LogP contribution in [0.2, 0.25) is 0 Å². The molecule has 2 aromatic rings. The number of non-ortho nitro benzene ring substituents is 1. The molecule has 102 valence electrons. The molecule has 0 atom stereocenters. The van der Waals surface area contributed by atoms with Crippen molar-refractivity contribution in [2.24, 2.45) is 0 Å². The molecule has 0 spiro atoms. The van der Waals surface area contributed by atoms with Gasteiger partial charge in [-0.25, -0.2) is 9.97 Å². The topological polar surface area (TPSA) is 86.0 Å². The van der Waals surface area contributed by atoms with Gasteiger partial charge < -0.3 is 0 Å². The van der Waals surface area contributed by atoms with Crippen LogP contribution in [0.5, 0.6) is 0 Å². The van der Waals surface area contributed by atoms with Gasteiger partial charge in [0.15, 0.2) is 10.9 Å². The van der Waals surface area contributed by atoms with Crippen molar-refractivity contribution in [1.82, 2.24) is 9.97 Å². The third kappa shape index (κ3) is 3.61. The first-order valence-corrected chi connectivity index (χ1v) is 6.75. The number of nitro groups is 1. The Morgan fingerprint density at radius 2 is 2.00 bits per heavy atom. The number of carbonyl (C=O) groups excluding carboxylic acids is 1. The molecule has 0 aliphatic heterocycles. The number of Topliss-reactive ketones (excluding diaryl/α,β-unsaturated/α-hetero) is 1. The van der Waals surface area contributed by atoms with Gasteiger partial charge in [0.2, 0.25) is 0 Å². The van der Waals surface area contributed by atoms with Crippen LogP contribution >= 0.6 is 11.8 Å². The number of rotatable bonds is 5. The van der Waals surface area contributed by atoms with Crippen molar-refractivity contribution in [2.45, 2.75) is 12.1 Å². The Hall–Kier alpha value is -2.28. The standard InChI is InChI=1S/C13H11N3O3S/c1-9-6-7-14-13(15-9)20-8-12(17)10-2-4-11(5-3-10)16(18)19/h2-7H,8H2,1H3. The lowest BCUT2D eigenvalue weighted by atomic mass is 10.1. The van der Waals surface area contributed by atoms with Crippen LogP contribution in [0.3, 0.4) is 0 Å². The van der Waals surface area contributed by atoms with E-state index in [0.717, 1.165) is 5.69 Å². The van der Waals surface area contributed by atoms with Gasteiger partial charge in [-0.2, -0.15) is 0 Å². The van der Waals surface area contributed by atoms with E-state index in [1.54, 1.807) is 12.3 Å². The zero-order chi connectivity index (χ0) is 14.5. The number of aromatic nitrogens is 2. The predicted octanol–water partition coefficient (Wildman–Crippen LogP) is 2.67. The maximum Gasteiger partial charge on any atom is 0.269 e. The minimum absolute atomic E-state index is 0.0313. The van der Waals surface area contributed by atoms with E-state index in [0.29, 0.717) is 10.7 Å². The first kappa shape index (κ1) is 14.1. The molecule has 0 fully saturated rings. The summed E-state index contributed by atoms with van der Waals surface area (Å²) in [7, 11) is 0. The maximum atomic E-state index is 11.9. The highest BCUT2D eigenvalue weighted by Crippen LogP contribution is 2.17.